The van der Waals surface area contributed by atoms with Crippen molar-refractivity contribution in [1.29, 1.82) is 0 Å². The Morgan fingerprint density at radius 2 is 1.70 bits per heavy atom. The van der Waals surface area contributed by atoms with Crippen LogP contribution in [0.15, 0.2) is 59.8 Å². The van der Waals surface area contributed by atoms with E-state index < -0.39 is 10.0 Å². The third-order valence-electron chi connectivity index (χ3n) is 4.39. The van der Waals surface area contributed by atoms with Gasteiger partial charge >= 0.3 is 0 Å². The van der Waals surface area contributed by atoms with Gasteiger partial charge in [0.25, 0.3) is 16.0 Å². The summed E-state index contributed by atoms with van der Waals surface area (Å²) in [6.45, 7) is 8.80. The van der Waals surface area contributed by atoms with Gasteiger partial charge in [-0.15, -0.1) is 5.10 Å². The number of hydrogen-bond acceptors (Lipinski definition) is 4. The minimum absolute atomic E-state index is 0.0361. The van der Waals surface area contributed by atoms with Crippen molar-refractivity contribution in [2.45, 2.75) is 44.6 Å². The highest BCUT2D eigenvalue weighted by atomic mass is 32.2. The zero-order chi connectivity index (χ0) is 19.7. The maximum Gasteiger partial charge on any atom is 0.264 e. The highest BCUT2D eigenvalue weighted by molar-refractivity contribution is 7.92. The number of aromatic nitrogens is 3. The quantitative estimate of drug-likeness (QED) is 0.727. The first-order chi connectivity index (χ1) is 12.6. The van der Waals surface area contributed by atoms with Crippen LogP contribution in [0.1, 0.15) is 37.5 Å². The standard InChI is InChI=1S/C20H24N4O2S/c1-15-7-5-6-8-16(15)13-24-14-21-19(22-24)23-27(25,26)18-11-9-17(10-12-18)20(2,3)4/h5-12,14H,13H2,1-4H3,(H,22,23). The van der Waals surface area contributed by atoms with Crippen molar-refractivity contribution in [1.82, 2.24) is 14.8 Å². The Kier molecular flexibility index (Phi) is 5.06. The van der Waals surface area contributed by atoms with Crippen LogP contribution >= 0.6 is 0 Å². The molecule has 2 aromatic carbocycles. The van der Waals surface area contributed by atoms with E-state index in [0.29, 0.717) is 6.54 Å². The van der Waals surface area contributed by atoms with Crippen LogP contribution in [0.25, 0.3) is 0 Å². The molecule has 142 valence electrons. The summed E-state index contributed by atoms with van der Waals surface area (Å²) in [6.07, 6.45) is 1.52. The summed E-state index contributed by atoms with van der Waals surface area (Å²) in [5, 5.41) is 4.23. The van der Waals surface area contributed by atoms with Gasteiger partial charge in [-0.3, -0.25) is 0 Å². The van der Waals surface area contributed by atoms with Crippen molar-refractivity contribution in [3.05, 3.63) is 71.5 Å². The van der Waals surface area contributed by atoms with Gasteiger partial charge in [-0.25, -0.2) is 17.8 Å². The predicted molar refractivity (Wildman–Crippen MR) is 106 cm³/mol. The molecule has 0 saturated carbocycles. The van der Waals surface area contributed by atoms with Crippen molar-refractivity contribution in [2.75, 3.05) is 4.72 Å². The zero-order valence-electron chi connectivity index (χ0n) is 16.0. The molecule has 1 N–H and O–H groups in total. The Balaban J connectivity index is 1.75. The van der Waals surface area contributed by atoms with Gasteiger partial charge < -0.3 is 0 Å². The Labute approximate surface area is 160 Å². The molecule has 27 heavy (non-hydrogen) atoms. The van der Waals surface area contributed by atoms with E-state index in [0.717, 1.165) is 16.7 Å². The van der Waals surface area contributed by atoms with E-state index in [1.54, 1.807) is 16.8 Å². The lowest BCUT2D eigenvalue weighted by atomic mass is 9.87. The molecule has 0 radical (unpaired) electrons. The van der Waals surface area contributed by atoms with Gasteiger partial charge in [-0.2, -0.15) is 4.98 Å². The molecule has 0 unspecified atom stereocenters. The molecule has 1 heterocycles. The zero-order valence-corrected chi connectivity index (χ0v) is 16.8. The summed E-state index contributed by atoms with van der Waals surface area (Å²) in [7, 11) is -3.73. The van der Waals surface area contributed by atoms with Crippen LogP contribution in [0.4, 0.5) is 5.95 Å². The number of sulfonamides is 1. The molecule has 0 amide bonds. The van der Waals surface area contributed by atoms with Crippen molar-refractivity contribution < 1.29 is 8.42 Å². The Hall–Kier alpha value is -2.67. The van der Waals surface area contributed by atoms with E-state index in [9.17, 15) is 8.42 Å². The number of hydrogen-bond donors (Lipinski definition) is 1. The van der Waals surface area contributed by atoms with E-state index in [-0.39, 0.29) is 16.3 Å². The molecule has 3 rings (SSSR count). The SMILES string of the molecule is Cc1ccccc1Cn1cnc(NS(=O)(=O)c2ccc(C(C)(C)C)cc2)n1. The van der Waals surface area contributed by atoms with E-state index in [1.807, 2.05) is 43.3 Å². The number of rotatable bonds is 5. The predicted octanol–water partition coefficient (Wildman–Crippen LogP) is 3.73. The Morgan fingerprint density at radius 1 is 1.04 bits per heavy atom. The summed E-state index contributed by atoms with van der Waals surface area (Å²) in [6, 6.07) is 14.8. The van der Waals surface area contributed by atoms with E-state index >= 15 is 0 Å². The topological polar surface area (TPSA) is 76.9 Å². The second-order valence-corrected chi connectivity index (χ2v) is 9.25. The van der Waals surface area contributed by atoms with Gasteiger partial charge in [0.05, 0.1) is 11.4 Å². The first-order valence-electron chi connectivity index (χ1n) is 8.72. The molecular formula is C20H24N4O2S. The van der Waals surface area contributed by atoms with Gasteiger partial charge in [0.15, 0.2) is 0 Å². The summed E-state index contributed by atoms with van der Waals surface area (Å²) >= 11 is 0. The maximum atomic E-state index is 12.6. The van der Waals surface area contributed by atoms with Crippen LogP contribution in [0.3, 0.4) is 0 Å². The lowest BCUT2D eigenvalue weighted by Gasteiger charge is -2.19. The summed E-state index contributed by atoms with van der Waals surface area (Å²) in [4.78, 5) is 4.26. The lowest BCUT2D eigenvalue weighted by molar-refractivity contribution is 0.587. The number of nitrogens with zero attached hydrogens (tertiary/aromatic N) is 3. The largest absolute Gasteiger partial charge is 0.264 e. The van der Waals surface area contributed by atoms with Crippen molar-refractivity contribution in [3.63, 3.8) is 0 Å². The van der Waals surface area contributed by atoms with Crippen LogP contribution in [0, 0.1) is 6.92 Å². The third-order valence-corrected chi connectivity index (χ3v) is 5.73. The molecule has 0 bridgehead atoms. The van der Waals surface area contributed by atoms with Crippen LogP contribution in [-0.2, 0) is 22.0 Å². The smallest absolute Gasteiger partial charge is 0.246 e. The molecule has 0 atom stereocenters. The average Bonchev–Trinajstić information content (AvgIpc) is 3.02. The van der Waals surface area contributed by atoms with Gasteiger partial charge in [0, 0.05) is 0 Å². The molecule has 0 aliphatic heterocycles. The van der Waals surface area contributed by atoms with Crippen LogP contribution in [0.2, 0.25) is 0 Å². The van der Waals surface area contributed by atoms with E-state index in [4.69, 9.17) is 0 Å². The molecule has 6 nitrogen and oxygen atoms in total. The minimum atomic E-state index is -3.73. The highest BCUT2D eigenvalue weighted by Gasteiger charge is 2.19. The number of anilines is 1. The first-order valence-corrected chi connectivity index (χ1v) is 10.2. The fourth-order valence-electron chi connectivity index (χ4n) is 2.69. The molecule has 3 aromatic rings. The summed E-state index contributed by atoms with van der Waals surface area (Å²) in [5.74, 6) is 0.0588. The molecule has 1 aromatic heterocycles. The Morgan fingerprint density at radius 3 is 2.33 bits per heavy atom. The third kappa shape index (κ3) is 4.54. The number of nitrogens with one attached hydrogen (secondary N) is 1. The van der Waals surface area contributed by atoms with Crippen LogP contribution in [0.5, 0.6) is 0 Å². The van der Waals surface area contributed by atoms with Crippen molar-refractivity contribution >= 4 is 16.0 Å². The first kappa shape index (κ1) is 19.1. The Bertz CT molecular complexity index is 1030. The lowest BCUT2D eigenvalue weighted by Crippen LogP contribution is -2.16. The monoisotopic (exact) mass is 384 g/mol. The maximum absolute atomic E-state index is 12.6. The number of benzene rings is 2. The fraction of sp³-hybridized carbons (Fsp3) is 0.300. The van der Waals surface area contributed by atoms with Crippen molar-refractivity contribution in [2.24, 2.45) is 0 Å². The van der Waals surface area contributed by atoms with Crippen LogP contribution in [-0.4, -0.2) is 23.2 Å². The van der Waals surface area contributed by atoms with E-state index in [2.05, 4.69) is 35.6 Å². The molecule has 0 saturated heterocycles. The van der Waals surface area contributed by atoms with E-state index in [1.165, 1.54) is 6.33 Å². The second-order valence-electron chi connectivity index (χ2n) is 7.57. The second kappa shape index (κ2) is 7.15. The number of aryl methyl sites for hydroxylation is 1. The van der Waals surface area contributed by atoms with Crippen molar-refractivity contribution in [3.8, 4) is 0 Å². The van der Waals surface area contributed by atoms with Gasteiger partial charge in [-0.1, -0.05) is 57.2 Å². The summed E-state index contributed by atoms with van der Waals surface area (Å²) < 4.78 is 29.2. The van der Waals surface area contributed by atoms with Crippen LogP contribution < -0.4 is 4.72 Å². The molecule has 0 fully saturated rings. The van der Waals surface area contributed by atoms with Gasteiger partial charge in [0.1, 0.15) is 6.33 Å². The minimum Gasteiger partial charge on any atom is -0.246 e. The molecule has 0 aliphatic rings. The molecule has 0 spiro atoms. The summed E-state index contributed by atoms with van der Waals surface area (Å²) in [5.41, 5.74) is 3.29. The normalized spacial score (nSPS) is 12.1. The molecule has 7 heteroatoms. The highest BCUT2D eigenvalue weighted by Crippen LogP contribution is 2.24. The van der Waals surface area contributed by atoms with Gasteiger partial charge in [-0.05, 0) is 41.2 Å². The molecule has 0 aliphatic carbocycles. The fourth-order valence-corrected chi connectivity index (χ4v) is 3.64. The average molecular weight is 385 g/mol. The molecular weight excluding hydrogens is 360 g/mol. The van der Waals surface area contributed by atoms with Gasteiger partial charge in [0.2, 0.25) is 0 Å².